The van der Waals surface area contributed by atoms with Crippen molar-refractivity contribution in [1.82, 2.24) is 0 Å². The number of rotatable bonds is 0. The van der Waals surface area contributed by atoms with Crippen LogP contribution in [0.4, 0.5) is 0 Å². The highest BCUT2D eigenvalue weighted by atomic mass is 14.2. The molecule has 0 bridgehead atoms. The maximum atomic E-state index is 2.44. The number of benzene rings is 2. The van der Waals surface area contributed by atoms with E-state index in [-0.39, 0.29) is 0 Å². The van der Waals surface area contributed by atoms with Crippen molar-refractivity contribution in [3.63, 3.8) is 0 Å². The van der Waals surface area contributed by atoms with Gasteiger partial charge in [-0.05, 0) is 58.7 Å². The van der Waals surface area contributed by atoms with E-state index in [9.17, 15) is 0 Å². The average Bonchev–Trinajstić information content (AvgIpc) is 2.46. The monoisotopic (exact) mass is 232 g/mol. The second kappa shape index (κ2) is 3.84. The number of hydrogen-bond acceptors (Lipinski definition) is 0. The van der Waals surface area contributed by atoms with E-state index in [0.29, 0.717) is 0 Å². The van der Waals surface area contributed by atoms with Crippen molar-refractivity contribution in [3.8, 4) is 0 Å². The summed E-state index contributed by atoms with van der Waals surface area (Å²) in [6, 6.07) is 13.3. The Morgan fingerprint density at radius 3 is 2.83 bits per heavy atom. The Kier molecular flexibility index (Phi) is 2.16. The molecular weight excluding hydrogens is 216 g/mol. The lowest BCUT2D eigenvalue weighted by molar-refractivity contribution is 0.820. The molecule has 0 saturated carbocycles. The van der Waals surface area contributed by atoms with Crippen molar-refractivity contribution in [2.24, 2.45) is 0 Å². The Balaban J connectivity index is 2.02. The molecule has 0 amide bonds. The van der Waals surface area contributed by atoms with Gasteiger partial charge in [-0.3, -0.25) is 0 Å². The van der Waals surface area contributed by atoms with Gasteiger partial charge in [-0.25, -0.2) is 0 Å². The van der Waals surface area contributed by atoms with Crippen molar-refractivity contribution in [2.45, 2.75) is 25.7 Å². The molecule has 2 aliphatic carbocycles. The Labute approximate surface area is 108 Å². The second-order valence-electron chi connectivity index (χ2n) is 5.26. The number of hydrogen-bond donors (Lipinski definition) is 0. The molecule has 0 aliphatic heterocycles. The van der Waals surface area contributed by atoms with Gasteiger partial charge in [-0.2, -0.15) is 0 Å². The second-order valence-corrected chi connectivity index (χ2v) is 5.26. The van der Waals surface area contributed by atoms with Gasteiger partial charge >= 0.3 is 0 Å². The fourth-order valence-corrected chi connectivity index (χ4v) is 3.33. The summed E-state index contributed by atoms with van der Waals surface area (Å²) < 4.78 is 0. The average molecular weight is 232 g/mol. The summed E-state index contributed by atoms with van der Waals surface area (Å²) >= 11 is 0. The van der Waals surface area contributed by atoms with Gasteiger partial charge in [0.05, 0.1) is 0 Å². The first kappa shape index (κ1) is 10.1. The van der Waals surface area contributed by atoms with E-state index >= 15 is 0 Å². The highest BCUT2D eigenvalue weighted by molar-refractivity contribution is 5.94. The predicted octanol–water partition coefficient (Wildman–Crippen LogP) is 4.89. The van der Waals surface area contributed by atoms with E-state index in [1.807, 2.05) is 0 Å². The third-order valence-electron chi connectivity index (χ3n) is 4.23. The van der Waals surface area contributed by atoms with Crippen LogP contribution in [0.25, 0.3) is 16.3 Å². The highest BCUT2D eigenvalue weighted by Crippen LogP contribution is 2.39. The Morgan fingerprint density at radius 1 is 0.889 bits per heavy atom. The van der Waals surface area contributed by atoms with Gasteiger partial charge in [0.25, 0.3) is 0 Å². The van der Waals surface area contributed by atoms with Gasteiger partial charge in [0.2, 0.25) is 0 Å². The van der Waals surface area contributed by atoms with Crippen LogP contribution in [0.15, 0.2) is 54.1 Å². The van der Waals surface area contributed by atoms with Gasteiger partial charge in [-0.15, -0.1) is 0 Å². The van der Waals surface area contributed by atoms with Gasteiger partial charge in [0.1, 0.15) is 0 Å². The van der Waals surface area contributed by atoms with E-state index < -0.39 is 0 Å². The summed E-state index contributed by atoms with van der Waals surface area (Å²) in [5.41, 5.74) is 6.08. The molecule has 0 nitrogen and oxygen atoms in total. The minimum Gasteiger partial charge on any atom is -0.0764 e. The highest BCUT2D eigenvalue weighted by Gasteiger charge is 2.20. The minimum absolute atomic E-state index is 1.10. The molecule has 0 unspecified atom stereocenters. The lowest BCUT2D eigenvalue weighted by Crippen LogP contribution is -2.06. The van der Waals surface area contributed by atoms with Gasteiger partial charge in [0, 0.05) is 0 Å². The van der Waals surface area contributed by atoms with Crippen LogP contribution in [0.5, 0.6) is 0 Å². The smallest absolute Gasteiger partial charge is 0.00791 e. The number of allylic oxidation sites excluding steroid dienone is 4. The summed E-state index contributed by atoms with van der Waals surface area (Å²) in [5.74, 6) is 0. The van der Waals surface area contributed by atoms with Gasteiger partial charge in [0.15, 0.2) is 0 Å². The normalized spacial score (nSPS) is 17.8. The summed E-state index contributed by atoms with van der Waals surface area (Å²) in [6.07, 6.45) is 9.79. The Hall–Kier alpha value is -1.82. The molecule has 0 atom stereocenters. The molecule has 0 fully saturated rings. The molecule has 0 N–H and O–H groups in total. The van der Waals surface area contributed by atoms with Crippen molar-refractivity contribution in [1.29, 1.82) is 0 Å². The molecule has 0 heteroatoms. The van der Waals surface area contributed by atoms with E-state index in [0.717, 1.165) is 6.42 Å². The third kappa shape index (κ3) is 1.38. The number of fused-ring (bicyclic) bond motifs is 5. The lowest BCUT2D eigenvalue weighted by atomic mass is 9.80. The summed E-state index contributed by atoms with van der Waals surface area (Å²) in [4.78, 5) is 0. The topological polar surface area (TPSA) is 0 Å². The van der Waals surface area contributed by atoms with Crippen molar-refractivity contribution < 1.29 is 0 Å². The molecule has 0 heterocycles. The summed E-state index contributed by atoms with van der Waals surface area (Å²) in [5, 5.41) is 2.79. The zero-order valence-electron chi connectivity index (χ0n) is 10.4. The van der Waals surface area contributed by atoms with Crippen LogP contribution in [0.2, 0.25) is 0 Å². The fraction of sp³-hybridized carbons (Fsp3) is 0.222. The first-order valence-electron chi connectivity index (χ1n) is 6.84. The molecule has 0 spiro atoms. The Bertz CT molecular complexity index is 686. The van der Waals surface area contributed by atoms with Gasteiger partial charge < -0.3 is 0 Å². The molecule has 0 radical (unpaired) electrons. The van der Waals surface area contributed by atoms with Crippen molar-refractivity contribution >= 4 is 16.3 Å². The fourth-order valence-electron chi connectivity index (χ4n) is 3.33. The third-order valence-corrected chi connectivity index (χ3v) is 4.23. The molecular formula is C18H16. The molecule has 2 aromatic carbocycles. The lowest BCUT2D eigenvalue weighted by Gasteiger charge is -2.25. The molecule has 0 aromatic heterocycles. The maximum absolute atomic E-state index is 2.44. The van der Waals surface area contributed by atoms with E-state index in [2.05, 4.69) is 48.6 Å². The van der Waals surface area contributed by atoms with Crippen molar-refractivity contribution in [2.75, 3.05) is 0 Å². The van der Waals surface area contributed by atoms with E-state index in [4.69, 9.17) is 0 Å². The van der Waals surface area contributed by atoms with E-state index in [1.165, 1.54) is 46.7 Å². The SMILES string of the molecule is C1=C2CCCC=C2c2ccc3ccccc3c2C1. The molecule has 2 aromatic rings. The molecule has 0 saturated heterocycles. The van der Waals surface area contributed by atoms with Crippen LogP contribution in [-0.4, -0.2) is 0 Å². The largest absolute Gasteiger partial charge is 0.0764 e. The first-order chi connectivity index (χ1) is 8.93. The maximum Gasteiger partial charge on any atom is -0.00791 e. The van der Waals surface area contributed by atoms with E-state index in [1.54, 1.807) is 5.57 Å². The zero-order chi connectivity index (χ0) is 11.9. The first-order valence-corrected chi connectivity index (χ1v) is 6.84. The van der Waals surface area contributed by atoms with Crippen LogP contribution in [0, 0.1) is 0 Å². The Morgan fingerprint density at radius 2 is 1.83 bits per heavy atom. The molecule has 2 aliphatic rings. The van der Waals surface area contributed by atoms with Gasteiger partial charge in [-0.1, -0.05) is 48.6 Å². The summed E-state index contributed by atoms with van der Waals surface area (Å²) in [7, 11) is 0. The quantitative estimate of drug-likeness (QED) is 0.606. The van der Waals surface area contributed by atoms with Crippen LogP contribution in [0.3, 0.4) is 0 Å². The predicted molar refractivity (Wildman–Crippen MR) is 77.6 cm³/mol. The molecule has 4 rings (SSSR count). The summed E-state index contributed by atoms with van der Waals surface area (Å²) in [6.45, 7) is 0. The standard InChI is InChI=1S/C18H16/c1-3-7-15-13(5-1)9-11-18-16-8-4-2-6-14(16)10-12-17(15)18/h1,3,5,7-11H,2,4,6,12H2. The minimum atomic E-state index is 1.10. The van der Waals surface area contributed by atoms with Crippen LogP contribution >= 0.6 is 0 Å². The van der Waals surface area contributed by atoms with Crippen LogP contribution in [-0.2, 0) is 6.42 Å². The molecule has 18 heavy (non-hydrogen) atoms. The molecule has 88 valence electrons. The zero-order valence-corrected chi connectivity index (χ0v) is 10.4. The van der Waals surface area contributed by atoms with Crippen LogP contribution < -0.4 is 0 Å². The van der Waals surface area contributed by atoms with Crippen molar-refractivity contribution in [3.05, 3.63) is 65.3 Å². The van der Waals surface area contributed by atoms with Crippen LogP contribution in [0.1, 0.15) is 30.4 Å².